The number of carbonyl (C=O) groups excluding carboxylic acids is 1. The second-order valence-corrected chi connectivity index (χ2v) is 6.42. The minimum absolute atomic E-state index is 0.155. The number of fused-ring (bicyclic) bond motifs is 1. The number of rotatable bonds is 4. The zero-order valence-electron chi connectivity index (χ0n) is 14.3. The molecule has 1 N–H and O–H groups in total. The largest absolute Gasteiger partial charge is 0.292 e. The van der Waals surface area contributed by atoms with Crippen LogP contribution in [0.15, 0.2) is 58.4 Å². The highest BCUT2D eigenvalue weighted by Crippen LogP contribution is 2.14. The van der Waals surface area contributed by atoms with Crippen LogP contribution in [0.1, 0.15) is 35.9 Å². The van der Waals surface area contributed by atoms with Crippen LogP contribution in [-0.4, -0.2) is 21.9 Å². The number of amides is 1. The van der Waals surface area contributed by atoms with Crippen molar-refractivity contribution in [2.45, 2.75) is 19.9 Å². The van der Waals surface area contributed by atoms with Gasteiger partial charge in [-0.1, -0.05) is 41.9 Å². The van der Waals surface area contributed by atoms with E-state index in [1.807, 2.05) is 13.8 Å². The van der Waals surface area contributed by atoms with Gasteiger partial charge in [0.25, 0.3) is 11.5 Å². The Labute approximate surface area is 155 Å². The van der Waals surface area contributed by atoms with Gasteiger partial charge in [-0.15, -0.1) is 0 Å². The lowest BCUT2D eigenvalue weighted by Crippen LogP contribution is -2.30. The van der Waals surface area contributed by atoms with Gasteiger partial charge in [0, 0.05) is 10.4 Å². The van der Waals surface area contributed by atoms with Crippen LogP contribution in [0.3, 0.4) is 0 Å². The molecular weight excluding hydrogens is 352 g/mol. The number of benzene rings is 2. The molecule has 3 aromatic rings. The van der Waals surface area contributed by atoms with Gasteiger partial charge in [0.2, 0.25) is 0 Å². The Morgan fingerprint density at radius 2 is 1.81 bits per heavy atom. The Hall–Kier alpha value is -2.99. The van der Waals surface area contributed by atoms with Crippen molar-refractivity contribution in [1.29, 1.82) is 0 Å². The number of hydrazone groups is 1. The quantitative estimate of drug-likeness (QED) is 0.566. The first kappa shape index (κ1) is 17.8. The van der Waals surface area contributed by atoms with Gasteiger partial charge in [-0.2, -0.15) is 10.2 Å². The molecule has 0 atom stereocenters. The summed E-state index contributed by atoms with van der Waals surface area (Å²) in [6.07, 6.45) is 1.51. The molecule has 0 aliphatic heterocycles. The summed E-state index contributed by atoms with van der Waals surface area (Å²) in [5.41, 5.74) is 3.18. The number of nitrogens with zero attached hydrogens (tertiary/aromatic N) is 3. The van der Waals surface area contributed by atoms with E-state index in [1.54, 1.807) is 48.5 Å². The van der Waals surface area contributed by atoms with Gasteiger partial charge >= 0.3 is 0 Å². The highest BCUT2D eigenvalue weighted by molar-refractivity contribution is 6.30. The topological polar surface area (TPSA) is 76.3 Å². The summed E-state index contributed by atoms with van der Waals surface area (Å²) in [5.74, 6) is -0.485. The molecule has 0 aliphatic rings. The van der Waals surface area contributed by atoms with Gasteiger partial charge in [-0.3, -0.25) is 9.59 Å². The smallest absolute Gasteiger partial charge is 0.267 e. The van der Waals surface area contributed by atoms with E-state index < -0.39 is 5.91 Å². The van der Waals surface area contributed by atoms with Crippen molar-refractivity contribution in [2.24, 2.45) is 5.10 Å². The Bertz CT molecular complexity index is 1040. The summed E-state index contributed by atoms with van der Waals surface area (Å²) in [6, 6.07) is 13.8. The van der Waals surface area contributed by atoms with Crippen LogP contribution in [0.4, 0.5) is 0 Å². The molecule has 0 bridgehead atoms. The third-order valence-electron chi connectivity index (χ3n) is 3.78. The van der Waals surface area contributed by atoms with E-state index >= 15 is 0 Å². The monoisotopic (exact) mass is 368 g/mol. The summed E-state index contributed by atoms with van der Waals surface area (Å²) < 4.78 is 1.31. The van der Waals surface area contributed by atoms with E-state index in [9.17, 15) is 9.59 Å². The Kier molecular flexibility index (Phi) is 5.14. The summed E-state index contributed by atoms with van der Waals surface area (Å²) in [4.78, 5) is 25.1. The van der Waals surface area contributed by atoms with Crippen LogP contribution in [0.25, 0.3) is 10.8 Å². The third-order valence-corrected chi connectivity index (χ3v) is 4.03. The fourth-order valence-corrected chi connectivity index (χ4v) is 2.62. The molecule has 0 saturated heterocycles. The Morgan fingerprint density at radius 3 is 2.46 bits per heavy atom. The van der Waals surface area contributed by atoms with E-state index in [4.69, 9.17) is 11.6 Å². The second-order valence-electron chi connectivity index (χ2n) is 5.99. The van der Waals surface area contributed by atoms with Crippen LogP contribution >= 0.6 is 11.6 Å². The van der Waals surface area contributed by atoms with Gasteiger partial charge in [0.1, 0.15) is 0 Å². The molecule has 6 nitrogen and oxygen atoms in total. The molecule has 26 heavy (non-hydrogen) atoms. The van der Waals surface area contributed by atoms with Crippen molar-refractivity contribution in [3.63, 3.8) is 0 Å². The second kappa shape index (κ2) is 7.49. The van der Waals surface area contributed by atoms with E-state index in [2.05, 4.69) is 15.6 Å². The molecule has 132 valence electrons. The summed E-state index contributed by atoms with van der Waals surface area (Å²) in [5, 5.41) is 9.76. The van der Waals surface area contributed by atoms with Crippen molar-refractivity contribution < 1.29 is 4.79 Å². The van der Waals surface area contributed by atoms with Crippen molar-refractivity contribution in [3.05, 3.63) is 75.2 Å². The van der Waals surface area contributed by atoms with Crippen LogP contribution in [0.5, 0.6) is 0 Å². The molecule has 0 saturated carbocycles. The first-order valence-electron chi connectivity index (χ1n) is 8.08. The summed E-state index contributed by atoms with van der Waals surface area (Å²) >= 11 is 5.83. The number of hydrogen-bond donors (Lipinski definition) is 1. The van der Waals surface area contributed by atoms with E-state index in [0.717, 1.165) is 5.56 Å². The molecule has 0 spiro atoms. The normalized spacial score (nSPS) is 11.4. The standard InChI is InChI=1S/C19H17ClN4O2/c1-12(2)24-19(26)16-6-4-3-5-15(16)17(23-24)18(25)22-21-11-13-7-9-14(20)10-8-13/h3-12H,1-2H3,(H,22,25)/b21-11-. The molecule has 0 aliphatic carbocycles. The molecule has 1 heterocycles. The van der Waals surface area contributed by atoms with E-state index in [-0.39, 0.29) is 17.3 Å². The van der Waals surface area contributed by atoms with Gasteiger partial charge in [-0.25, -0.2) is 10.1 Å². The summed E-state index contributed by atoms with van der Waals surface area (Å²) in [6.45, 7) is 3.67. The molecule has 0 radical (unpaired) electrons. The first-order valence-corrected chi connectivity index (χ1v) is 8.45. The summed E-state index contributed by atoms with van der Waals surface area (Å²) in [7, 11) is 0. The Balaban J connectivity index is 1.94. The van der Waals surface area contributed by atoms with Gasteiger partial charge in [0.05, 0.1) is 17.6 Å². The number of aromatic nitrogens is 2. The molecule has 3 rings (SSSR count). The highest BCUT2D eigenvalue weighted by Gasteiger charge is 2.17. The molecule has 1 amide bonds. The third kappa shape index (κ3) is 3.65. The van der Waals surface area contributed by atoms with Gasteiger partial charge in [-0.05, 0) is 37.6 Å². The van der Waals surface area contributed by atoms with Crippen LogP contribution in [0, 0.1) is 0 Å². The van der Waals surface area contributed by atoms with Crippen molar-refractivity contribution in [1.82, 2.24) is 15.2 Å². The lowest BCUT2D eigenvalue weighted by atomic mass is 10.1. The molecule has 2 aromatic carbocycles. The minimum atomic E-state index is -0.485. The fourth-order valence-electron chi connectivity index (χ4n) is 2.49. The van der Waals surface area contributed by atoms with E-state index in [1.165, 1.54) is 10.9 Å². The predicted molar refractivity (Wildman–Crippen MR) is 103 cm³/mol. The maximum atomic E-state index is 12.6. The van der Waals surface area contributed by atoms with E-state index in [0.29, 0.717) is 15.8 Å². The minimum Gasteiger partial charge on any atom is -0.267 e. The van der Waals surface area contributed by atoms with Crippen molar-refractivity contribution in [2.75, 3.05) is 0 Å². The van der Waals surface area contributed by atoms with Gasteiger partial charge in [0.15, 0.2) is 5.69 Å². The number of carbonyl (C=O) groups is 1. The first-order chi connectivity index (χ1) is 12.5. The van der Waals surface area contributed by atoms with Gasteiger partial charge < -0.3 is 0 Å². The zero-order valence-corrected chi connectivity index (χ0v) is 15.1. The zero-order chi connectivity index (χ0) is 18.7. The molecule has 0 fully saturated rings. The predicted octanol–water partition coefficient (Wildman–Crippen LogP) is 3.39. The fraction of sp³-hybridized carbons (Fsp3) is 0.158. The average Bonchev–Trinajstić information content (AvgIpc) is 2.63. The SMILES string of the molecule is CC(C)n1nc(C(=O)N/N=C\c2ccc(Cl)cc2)c2ccccc2c1=O. The molecule has 0 unspecified atom stereocenters. The number of halogens is 1. The van der Waals surface area contributed by atoms with Crippen LogP contribution in [-0.2, 0) is 0 Å². The van der Waals surface area contributed by atoms with Crippen molar-refractivity contribution in [3.8, 4) is 0 Å². The number of nitrogens with one attached hydrogen (secondary N) is 1. The molecule has 7 heteroatoms. The maximum Gasteiger partial charge on any atom is 0.292 e. The average molecular weight is 369 g/mol. The number of hydrogen-bond acceptors (Lipinski definition) is 4. The lowest BCUT2D eigenvalue weighted by molar-refractivity contribution is 0.0949. The van der Waals surface area contributed by atoms with Crippen LogP contribution in [0.2, 0.25) is 5.02 Å². The van der Waals surface area contributed by atoms with Crippen LogP contribution < -0.4 is 11.0 Å². The van der Waals surface area contributed by atoms with Crippen molar-refractivity contribution >= 4 is 34.5 Å². The maximum absolute atomic E-state index is 12.6. The molecular formula is C19H17ClN4O2. The molecule has 1 aromatic heterocycles. The lowest BCUT2D eigenvalue weighted by Gasteiger charge is -2.12. The Morgan fingerprint density at radius 1 is 1.15 bits per heavy atom. The highest BCUT2D eigenvalue weighted by atomic mass is 35.5.